The van der Waals surface area contributed by atoms with Crippen molar-refractivity contribution in [3.8, 4) is 17.2 Å². The molecule has 2 bridgehead atoms. The molecule has 5 amide bonds. The molecule has 4 N–H and O–H groups in total. The van der Waals surface area contributed by atoms with Gasteiger partial charge in [0.15, 0.2) is 0 Å². The molecule has 2 aromatic heterocycles. The molecule has 3 atom stereocenters. The lowest BCUT2D eigenvalue weighted by Crippen LogP contribution is -2.50. The highest BCUT2D eigenvalue weighted by Crippen LogP contribution is 2.48. The third kappa shape index (κ3) is 9.57. The smallest absolute Gasteiger partial charge is 0.262 e. The van der Waals surface area contributed by atoms with Crippen LogP contribution in [0.2, 0.25) is 0 Å². The number of carbonyl (C=O) groups excluding carboxylic acids is 5. The number of halogens is 1. The van der Waals surface area contributed by atoms with E-state index in [9.17, 15) is 33.2 Å². The largest absolute Gasteiger partial charge is 0.495 e. The number of fused-ring (bicyclic) bond motifs is 4. The van der Waals surface area contributed by atoms with E-state index in [2.05, 4.69) is 47.0 Å². The topological polar surface area (TPSA) is 209 Å². The van der Waals surface area contributed by atoms with Crippen LogP contribution < -0.4 is 41.2 Å². The predicted molar refractivity (Wildman–Crippen MR) is 271 cm³/mol. The fourth-order valence-electron chi connectivity index (χ4n) is 11.1. The third-order valence-corrected chi connectivity index (χ3v) is 15.2. The number of amides is 5. The molecule has 1 aliphatic carbocycles. The number of hydrogen-bond donors (Lipinski definition) is 4. The van der Waals surface area contributed by atoms with E-state index in [-0.39, 0.29) is 42.6 Å². The van der Waals surface area contributed by atoms with Crippen LogP contribution in [0.4, 0.5) is 27.1 Å². The Balaban J connectivity index is 0.660. The van der Waals surface area contributed by atoms with Crippen molar-refractivity contribution in [3.05, 3.63) is 113 Å². The van der Waals surface area contributed by atoms with Crippen LogP contribution in [0.25, 0.3) is 21.8 Å². The average molecular weight is 991 g/mol. The second-order valence-electron chi connectivity index (χ2n) is 19.9. The fourth-order valence-corrected chi connectivity index (χ4v) is 11.1. The van der Waals surface area contributed by atoms with Gasteiger partial charge in [0.25, 0.3) is 5.56 Å². The van der Waals surface area contributed by atoms with Crippen LogP contribution in [-0.4, -0.2) is 112 Å². The number of nitrogens with zero attached hydrogens (tertiary/aromatic N) is 6. The SMILES string of the molecule is COc1cc2c(Oc3ccc(NC(=O)C4(C(=O)Nc5ccc(F)cc5)CC4)cc3)ccnc2cc1N1CCC(CN2C[C@@H]3C[C@H]2CN3CC(=O)Nc2ccc3nc(C)n(C4CCC(=O)NC4=O)c(=O)c3c2)CC1. The Hall–Kier alpha value is -7.77. The molecule has 376 valence electrons. The zero-order chi connectivity index (χ0) is 50.5. The maximum absolute atomic E-state index is 13.6. The van der Waals surface area contributed by atoms with Gasteiger partial charge in [-0.15, -0.1) is 0 Å². The van der Waals surface area contributed by atoms with E-state index in [1.54, 1.807) is 68.8 Å². The Morgan fingerprint density at radius 1 is 0.781 bits per heavy atom. The molecule has 1 unspecified atom stereocenters. The van der Waals surface area contributed by atoms with E-state index in [0.29, 0.717) is 64.7 Å². The van der Waals surface area contributed by atoms with Crippen molar-refractivity contribution >= 4 is 74.1 Å². The summed E-state index contributed by atoms with van der Waals surface area (Å²) in [6.45, 7) is 6.39. The number of benzene rings is 4. The Morgan fingerprint density at radius 3 is 2.14 bits per heavy atom. The first-order valence-electron chi connectivity index (χ1n) is 24.8. The summed E-state index contributed by atoms with van der Waals surface area (Å²) in [7, 11) is 1.67. The number of carbonyl (C=O) groups is 5. The van der Waals surface area contributed by atoms with Gasteiger partial charge in [0.1, 0.15) is 40.3 Å². The second-order valence-corrected chi connectivity index (χ2v) is 19.9. The molecule has 6 heterocycles. The lowest BCUT2D eigenvalue weighted by atomic mass is 9.95. The number of rotatable bonds is 14. The molecular weight excluding hydrogens is 936 g/mol. The van der Waals surface area contributed by atoms with E-state index in [1.807, 2.05) is 6.07 Å². The number of ether oxygens (including phenoxy) is 2. The number of nitrogens with one attached hydrogen (secondary N) is 4. The normalized spacial score (nSPS) is 20.8. The summed E-state index contributed by atoms with van der Waals surface area (Å²) in [5.41, 5.74) is 2.06. The van der Waals surface area contributed by atoms with Gasteiger partial charge in [-0.05, 0) is 136 Å². The van der Waals surface area contributed by atoms with Crippen LogP contribution in [0.1, 0.15) is 56.8 Å². The van der Waals surface area contributed by atoms with Crippen LogP contribution in [0.15, 0.2) is 95.9 Å². The van der Waals surface area contributed by atoms with E-state index < -0.39 is 40.6 Å². The van der Waals surface area contributed by atoms with Gasteiger partial charge in [-0.2, -0.15) is 0 Å². The molecule has 11 rings (SSSR count). The zero-order valence-corrected chi connectivity index (χ0v) is 40.5. The number of methoxy groups -OCH3 is 1. The predicted octanol–water partition coefficient (Wildman–Crippen LogP) is 6.14. The maximum atomic E-state index is 13.6. The number of hydrogen-bond acceptors (Lipinski definition) is 13. The third-order valence-electron chi connectivity index (χ3n) is 15.2. The molecule has 0 spiro atoms. The van der Waals surface area contributed by atoms with Crippen molar-refractivity contribution in [2.45, 2.75) is 70.0 Å². The molecular formula is C54H55FN10O8. The van der Waals surface area contributed by atoms with Gasteiger partial charge in [0, 0.05) is 79.9 Å². The molecule has 4 saturated heterocycles. The Kier molecular flexibility index (Phi) is 12.6. The van der Waals surface area contributed by atoms with Gasteiger partial charge in [-0.1, -0.05) is 0 Å². The lowest BCUT2D eigenvalue weighted by molar-refractivity contribution is -0.136. The van der Waals surface area contributed by atoms with Gasteiger partial charge in [0.05, 0.1) is 35.8 Å². The number of aromatic nitrogens is 3. The summed E-state index contributed by atoms with van der Waals surface area (Å²) in [6.07, 6.45) is 5.98. The minimum atomic E-state index is -1.18. The molecule has 5 aliphatic rings. The van der Waals surface area contributed by atoms with Crippen molar-refractivity contribution < 1.29 is 37.8 Å². The summed E-state index contributed by atoms with van der Waals surface area (Å²) >= 11 is 0. The summed E-state index contributed by atoms with van der Waals surface area (Å²) in [4.78, 5) is 94.1. The minimum Gasteiger partial charge on any atom is -0.495 e. The lowest BCUT2D eigenvalue weighted by Gasteiger charge is -2.39. The Labute approximate surface area is 419 Å². The van der Waals surface area contributed by atoms with Crippen molar-refractivity contribution in [2.24, 2.45) is 11.3 Å². The first-order chi connectivity index (χ1) is 35.3. The van der Waals surface area contributed by atoms with Gasteiger partial charge >= 0.3 is 0 Å². The maximum Gasteiger partial charge on any atom is 0.262 e. The van der Waals surface area contributed by atoms with Crippen molar-refractivity contribution in [3.63, 3.8) is 0 Å². The van der Waals surface area contributed by atoms with E-state index >= 15 is 0 Å². The Morgan fingerprint density at radius 2 is 1.47 bits per heavy atom. The molecule has 6 aromatic rings. The number of aryl methyl sites for hydroxylation is 1. The standard InChI is InChI=1S/C54H55FN10O8/c1-31-57-42-12-9-36(23-41(42)51(69)65(31)44-13-14-48(66)61-50(44)68)58-49(67)30-64-29-37-24-38(64)28-63(37)27-32-16-21-62(22-17-32)45-26-43-40(25-47(45)72-2)46(15-20-56-43)73-39-10-7-35(8-11-39)60-53(71)54(18-19-54)52(70)59-34-5-3-33(55)4-6-34/h3-12,15,20,23,25-26,32,37-38,44H,13-14,16-19,21-22,24,27-30H2,1-2H3,(H,58,67)(H,59,70)(H,60,71)(H,61,66,68)/t37-,38-,44?/m0/s1. The molecule has 18 nitrogen and oxygen atoms in total. The van der Waals surface area contributed by atoms with Gasteiger partial charge in [-0.3, -0.25) is 53.4 Å². The number of pyridine rings is 1. The summed E-state index contributed by atoms with van der Waals surface area (Å²) in [5, 5.41) is 12.0. The van der Waals surface area contributed by atoms with Gasteiger partial charge in [0.2, 0.25) is 29.5 Å². The van der Waals surface area contributed by atoms with E-state index in [1.165, 1.54) is 28.8 Å². The second kappa shape index (κ2) is 19.3. The van der Waals surface area contributed by atoms with E-state index in [4.69, 9.17) is 14.5 Å². The number of likely N-dealkylation sites (tertiary alicyclic amines) is 2. The van der Waals surface area contributed by atoms with E-state index in [0.717, 1.165) is 74.3 Å². The van der Waals surface area contributed by atoms with Gasteiger partial charge < -0.3 is 30.3 Å². The van der Waals surface area contributed by atoms with Gasteiger partial charge in [-0.25, -0.2) is 9.37 Å². The first kappa shape index (κ1) is 47.5. The molecule has 19 heteroatoms. The molecule has 4 aromatic carbocycles. The minimum absolute atomic E-state index is 0.137. The number of anilines is 4. The number of piperidine rings is 2. The number of piperazine rings is 1. The summed E-state index contributed by atoms with van der Waals surface area (Å²) in [5.74, 6) is 0.495. The molecule has 73 heavy (non-hydrogen) atoms. The van der Waals surface area contributed by atoms with Crippen molar-refractivity contribution in [1.82, 2.24) is 29.7 Å². The van der Waals surface area contributed by atoms with Crippen molar-refractivity contribution in [1.29, 1.82) is 0 Å². The highest BCUT2D eigenvalue weighted by molar-refractivity contribution is 6.17. The molecule has 4 aliphatic heterocycles. The first-order valence-corrected chi connectivity index (χ1v) is 24.8. The highest BCUT2D eigenvalue weighted by Gasteiger charge is 2.56. The summed E-state index contributed by atoms with van der Waals surface area (Å²) < 4.78 is 27.0. The van der Waals surface area contributed by atoms with Crippen LogP contribution in [0.3, 0.4) is 0 Å². The Bertz CT molecular complexity index is 3250. The van der Waals surface area contributed by atoms with Crippen LogP contribution in [0.5, 0.6) is 17.2 Å². The summed E-state index contributed by atoms with van der Waals surface area (Å²) in [6, 6.07) is 23.1. The van der Waals surface area contributed by atoms with Crippen LogP contribution in [0, 0.1) is 24.1 Å². The highest BCUT2D eigenvalue weighted by atomic mass is 19.1. The molecule has 5 fully saturated rings. The fraction of sp³-hybridized carbons (Fsp3) is 0.370. The quantitative estimate of drug-likeness (QED) is 0.0715. The van der Waals surface area contributed by atoms with Crippen LogP contribution in [-0.2, 0) is 24.0 Å². The van der Waals surface area contributed by atoms with Crippen molar-refractivity contribution in [2.75, 3.05) is 67.2 Å². The van der Waals surface area contributed by atoms with Crippen LogP contribution >= 0.6 is 0 Å². The monoisotopic (exact) mass is 990 g/mol. The average Bonchev–Trinajstić information content (AvgIpc) is 3.99. The molecule has 1 saturated carbocycles. The zero-order valence-electron chi connectivity index (χ0n) is 40.5. The number of imide groups is 1. The molecule has 0 radical (unpaired) electrons.